The van der Waals surface area contributed by atoms with Gasteiger partial charge in [-0.3, -0.25) is 0 Å². The van der Waals surface area contributed by atoms with Crippen LogP contribution in [0, 0.1) is 11.6 Å². The highest BCUT2D eigenvalue weighted by Crippen LogP contribution is 2.30. The molecule has 0 heterocycles. The second kappa shape index (κ2) is 7.41. The first-order valence-electron chi connectivity index (χ1n) is 6.73. The lowest BCUT2D eigenvalue weighted by Gasteiger charge is -2.10. The molecule has 0 radical (unpaired) electrons. The molecule has 0 saturated carbocycles. The fourth-order valence-electron chi connectivity index (χ4n) is 1.90. The third-order valence-electron chi connectivity index (χ3n) is 2.94. The number of benzene rings is 2. The molecule has 0 fully saturated rings. The molecular weight excluding hydrogens is 286 g/mol. The Kier molecular flexibility index (Phi) is 5.31. The van der Waals surface area contributed by atoms with E-state index in [0.29, 0.717) is 17.9 Å². The first-order valence-corrected chi connectivity index (χ1v) is 6.73. The van der Waals surface area contributed by atoms with Crippen molar-refractivity contribution in [3.05, 3.63) is 73.3 Å². The molecule has 2 aromatic rings. The molecule has 0 N–H and O–H groups in total. The first kappa shape index (κ1) is 15.8. The second-order valence-corrected chi connectivity index (χ2v) is 4.46. The van der Waals surface area contributed by atoms with Gasteiger partial charge in [-0.25, -0.2) is 4.39 Å². The monoisotopic (exact) mass is 302 g/mol. The van der Waals surface area contributed by atoms with Crippen molar-refractivity contribution in [3.63, 3.8) is 0 Å². The summed E-state index contributed by atoms with van der Waals surface area (Å²) in [6.07, 6.45) is 3.10. The van der Waals surface area contributed by atoms with E-state index >= 15 is 0 Å². The average Bonchev–Trinajstić information content (AvgIpc) is 2.55. The Morgan fingerprint density at radius 2 is 1.45 bits per heavy atom. The molecule has 0 atom stereocenters. The molecule has 0 aliphatic carbocycles. The van der Waals surface area contributed by atoms with Crippen LogP contribution in [0.1, 0.15) is 0 Å². The van der Waals surface area contributed by atoms with Crippen LogP contribution in [0.25, 0.3) is 11.1 Å². The van der Waals surface area contributed by atoms with Gasteiger partial charge in [-0.1, -0.05) is 37.4 Å². The van der Waals surface area contributed by atoms with Gasteiger partial charge >= 0.3 is 0 Å². The van der Waals surface area contributed by atoms with E-state index in [9.17, 15) is 8.78 Å². The summed E-state index contributed by atoms with van der Waals surface area (Å²) in [6, 6.07) is 9.60. The maximum Gasteiger partial charge on any atom is 0.201 e. The maximum atomic E-state index is 14.2. The highest BCUT2D eigenvalue weighted by molar-refractivity contribution is 5.66. The van der Waals surface area contributed by atoms with Crippen molar-refractivity contribution in [3.8, 4) is 22.6 Å². The minimum Gasteiger partial charge on any atom is -0.490 e. The van der Waals surface area contributed by atoms with E-state index in [4.69, 9.17) is 9.47 Å². The summed E-state index contributed by atoms with van der Waals surface area (Å²) in [5, 5.41) is 0. The summed E-state index contributed by atoms with van der Waals surface area (Å²) in [7, 11) is 0. The van der Waals surface area contributed by atoms with Gasteiger partial charge in [-0.05, 0) is 29.8 Å². The number of halogens is 2. The fourth-order valence-corrected chi connectivity index (χ4v) is 1.90. The minimum atomic E-state index is -1.01. The molecule has 0 aromatic heterocycles. The van der Waals surface area contributed by atoms with Gasteiger partial charge in [-0.2, -0.15) is 4.39 Å². The minimum absolute atomic E-state index is 0.116. The fraction of sp³-hybridized carbons (Fsp3) is 0.111. The maximum absolute atomic E-state index is 14.2. The Bertz CT molecular complexity index is 664. The zero-order chi connectivity index (χ0) is 15.9. The van der Waals surface area contributed by atoms with Crippen LogP contribution in [0.4, 0.5) is 8.78 Å². The summed E-state index contributed by atoms with van der Waals surface area (Å²) in [4.78, 5) is 0. The molecule has 0 spiro atoms. The van der Waals surface area contributed by atoms with Gasteiger partial charge in [0.15, 0.2) is 11.6 Å². The van der Waals surface area contributed by atoms with E-state index in [0.717, 1.165) is 0 Å². The molecule has 2 rings (SSSR count). The molecule has 0 aliphatic heterocycles. The van der Waals surface area contributed by atoms with Gasteiger partial charge in [-0.15, -0.1) is 0 Å². The van der Waals surface area contributed by atoms with Gasteiger partial charge < -0.3 is 9.47 Å². The Morgan fingerprint density at radius 3 is 2.09 bits per heavy atom. The molecule has 0 unspecified atom stereocenters. The summed E-state index contributed by atoms with van der Waals surface area (Å²) < 4.78 is 38.5. The van der Waals surface area contributed by atoms with Crippen molar-refractivity contribution in [1.29, 1.82) is 0 Å². The molecule has 2 aromatic carbocycles. The Morgan fingerprint density at radius 1 is 0.818 bits per heavy atom. The summed E-state index contributed by atoms with van der Waals surface area (Å²) in [5.74, 6) is -1.45. The third kappa shape index (κ3) is 3.52. The second-order valence-electron chi connectivity index (χ2n) is 4.46. The molecule has 0 saturated heterocycles. The lowest BCUT2D eigenvalue weighted by Crippen LogP contribution is -1.99. The van der Waals surface area contributed by atoms with E-state index in [-0.39, 0.29) is 17.9 Å². The van der Waals surface area contributed by atoms with E-state index < -0.39 is 11.6 Å². The molecule has 0 bridgehead atoms. The smallest absolute Gasteiger partial charge is 0.201 e. The Balaban J connectivity index is 2.26. The van der Waals surface area contributed by atoms with Gasteiger partial charge in [0.1, 0.15) is 19.0 Å². The lowest BCUT2D eigenvalue weighted by atomic mass is 10.0. The number of hydrogen-bond acceptors (Lipinski definition) is 2. The zero-order valence-corrected chi connectivity index (χ0v) is 12.0. The summed E-state index contributed by atoms with van der Waals surface area (Å²) in [5.41, 5.74) is 0.719. The van der Waals surface area contributed by atoms with Crippen LogP contribution in [-0.2, 0) is 0 Å². The average molecular weight is 302 g/mol. The zero-order valence-electron chi connectivity index (χ0n) is 12.0. The van der Waals surface area contributed by atoms with Crippen LogP contribution >= 0.6 is 0 Å². The third-order valence-corrected chi connectivity index (χ3v) is 2.94. The number of hydrogen-bond donors (Lipinski definition) is 0. The predicted octanol–water partition coefficient (Wildman–Crippen LogP) is 4.76. The van der Waals surface area contributed by atoms with Crippen LogP contribution in [0.5, 0.6) is 11.5 Å². The van der Waals surface area contributed by atoms with Crippen molar-refractivity contribution in [2.24, 2.45) is 0 Å². The highest BCUT2D eigenvalue weighted by atomic mass is 19.2. The highest BCUT2D eigenvalue weighted by Gasteiger charge is 2.15. The van der Waals surface area contributed by atoms with E-state index in [2.05, 4.69) is 13.2 Å². The topological polar surface area (TPSA) is 18.5 Å². The number of ether oxygens (including phenoxy) is 2. The predicted molar refractivity (Wildman–Crippen MR) is 83.2 cm³/mol. The van der Waals surface area contributed by atoms with Crippen molar-refractivity contribution >= 4 is 0 Å². The molecule has 22 heavy (non-hydrogen) atoms. The largest absolute Gasteiger partial charge is 0.490 e. The van der Waals surface area contributed by atoms with Crippen molar-refractivity contribution in [1.82, 2.24) is 0 Å². The van der Waals surface area contributed by atoms with Crippen LogP contribution < -0.4 is 9.47 Å². The normalized spacial score (nSPS) is 10.1. The van der Waals surface area contributed by atoms with Gasteiger partial charge in [0.2, 0.25) is 5.82 Å². The van der Waals surface area contributed by atoms with Crippen LogP contribution in [0.2, 0.25) is 0 Å². The van der Waals surface area contributed by atoms with Crippen molar-refractivity contribution in [2.45, 2.75) is 0 Å². The SMILES string of the molecule is C=CCOc1ccc(-c2ccc(OCC=C)c(F)c2F)cc1. The van der Waals surface area contributed by atoms with Crippen LogP contribution in [-0.4, -0.2) is 13.2 Å². The van der Waals surface area contributed by atoms with E-state index in [1.54, 1.807) is 30.3 Å². The van der Waals surface area contributed by atoms with Crippen molar-refractivity contribution in [2.75, 3.05) is 13.2 Å². The lowest BCUT2D eigenvalue weighted by molar-refractivity contribution is 0.333. The number of rotatable bonds is 7. The van der Waals surface area contributed by atoms with Gasteiger partial charge in [0.05, 0.1) is 0 Å². The van der Waals surface area contributed by atoms with Gasteiger partial charge in [0, 0.05) is 5.56 Å². The van der Waals surface area contributed by atoms with Crippen molar-refractivity contribution < 1.29 is 18.3 Å². The summed E-state index contributed by atoms with van der Waals surface area (Å²) in [6.45, 7) is 7.52. The van der Waals surface area contributed by atoms with Gasteiger partial charge in [0.25, 0.3) is 0 Å². The quantitative estimate of drug-likeness (QED) is 0.686. The molecule has 0 aliphatic rings. The van der Waals surface area contributed by atoms with Crippen LogP contribution in [0.3, 0.4) is 0 Å². The molecule has 114 valence electrons. The molecule has 0 amide bonds. The molecule has 4 heteroatoms. The Labute approximate surface area is 128 Å². The van der Waals surface area contributed by atoms with E-state index in [1.165, 1.54) is 18.2 Å². The van der Waals surface area contributed by atoms with Crippen LogP contribution in [0.15, 0.2) is 61.7 Å². The van der Waals surface area contributed by atoms with E-state index in [1.807, 2.05) is 0 Å². The standard InChI is InChI=1S/C18H16F2O2/c1-3-11-21-14-7-5-13(6-8-14)15-9-10-16(22-12-4-2)18(20)17(15)19/h3-10H,1-2,11-12H2. The first-order chi connectivity index (χ1) is 10.7. The molecule has 2 nitrogen and oxygen atoms in total. The Hall–Kier alpha value is -2.62. The summed E-state index contributed by atoms with van der Waals surface area (Å²) >= 11 is 0. The molecular formula is C18H16F2O2.